The van der Waals surface area contributed by atoms with E-state index in [1.165, 1.54) is 13.2 Å². The van der Waals surface area contributed by atoms with Gasteiger partial charge in [0.25, 0.3) is 0 Å². The minimum absolute atomic E-state index is 0.256. The van der Waals surface area contributed by atoms with E-state index in [1.807, 2.05) is 18.2 Å². The van der Waals surface area contributed by atoms with Gasteiger partial charge in [-0.25, -0.2) is 0 Å². The Bertz CT molecular complexity index is 1220. The zero-order valence-corrected chi connectivity index (χ0v) is 16.7. The van der Waals surface area contributed by atoms with E-state index in [1.54, 1.807) is 36.4 Å². The lowest BCUT2D eigenvalue weighted by atomic mass is 10.2. The topological polar surface area (TPSA) is 117 Å². The first-order chi connectivity index (χ1) is 15.2. The molecule has 152 valence electrons. The second-order valence-electron chi connectivity index (χ2n) is 6.86. The second-order valence-corrected chi connectivity index (χ2v) is 6.86. The number of nitrogens with one attached hydrogen (secondary N) is 1. The smallest absolute Gasteiger partial charge is 0.321 e. The minimum atomic E-state index is 0.256. The Balaban J connectivity index is 1.60. The maximum atomic E-state index is 9.47. The summed E-state index contributed by atoms with van der Waals surface area (Å²) in [5.41, 5.74) is 1.86. The molecular formula is C23H18N6O2. The predicted octanol–water partition coefficient (Wildman–Crippen LogP) is 4.70. The molecular weight excluding hydrogens is 392 g/mol. The molecule has 1 saturated carbocycles. The number of nitriles is 2. The van der Waals surface area contributed by atoms with Crippen LogP contribution >= 0.6 is 0 Å². The number of methoxy groups -OCH3 is 1. The van der Waals surface area contributed by atoms with Gasteiger partial charge in [-0.1, -0.05) is 12.1 Å². The first-order valence-electron chi connectivity index (χ1n) is 9.63. The Morgan fingerprint density at radius 3 is 2.71 bits per heavy atom. The van der Waals surface area contributed by atoms with Crippen molar-refractivity contribution in [1.29, 1.82) is 10.5 Å². The van der Waals surface area contributed by atoms with E-state index in [0.29, 0.717) is 40.4 Å². The molecule has 0 radical (unpaired) electrons. The van der Waals surface area contributed by atoms with E-state index in [0.717, 1.165) is 18.4 Å². The molecule has 8 heteroatoms. The molecule has 0 amide bonds. The van der Waals surface area contributed by atoms with Crippen LogP contribution in [0.1, 0.15) is 35.7 Å². The van der Waals surface area contributed by atoms with Crippen LogP contribution in [-0.4, -0.2) is 22.1 Å². The van der Waals surface area contributed by atoms with Crippen LogP contribution in [0.5, 0.6) is 17.5 Å². The largest absolute Gasteiger partial charge is 0.467 e. The molecule has 1 aliphatic rings. The highest BCUT2D eigenvalue weighted by Crippen LogP contribution is 2.39. The lowest BCUT2D eigenvalue weighted by molar-refractivity contribution is 0.376. The molecule has 3 aromatic rings. The van der Waals surface area contributed by atoms with Gasteiger partial charge in [0.1, 0.15) is 23.4 Å². The van der Waals surface area contributed by atoms with Gasteiger partial charge in [-0.15, -0.1) is 0 Å². The van der Waals surface area contributed by atoms with E-state index < -0.39 is 0 Å². The number of aromatic nitrogens is 3. The fourth-order valence-corrected chi connectivity index (χ4v) is 2.89. The number of allylic oxidation sites excluding steroid dienone is 1. The van der Waals surface area contributed by atoms with Gasteiger partial charge in [0.15, 0.2) is 0 Å². The number of benzene rings is 2. The predicted molar refractivity (Wildman–Crippen MR) is 114 cm³/mol. The Morgan fingerprint density at radius 2 is 1.97 bits per heavy atom. The summed E-state index contributed by atoms with van der Waals surface area (Å²) in [4.78, 5) is 13.0. The third kappa shape index (κ3) is 4.95. The Labute approximate surface area is 179 Å². The van der Waals surface area contributed by atoms with Crippen LogP contribution in [0.2, 0.25) is 0 Å². The van der Waals surface area contributed by atoms with E-state index >= 15 is 0 Å². The molecule has 1 heterocycles. The van der Waals surface area contributed by atoms with E-state index in [4.69, 9.17) is 14.7 Å². The van der Waals surface area contributed by atoms with Gasteiger partial charge in [0.2, 0.25) is 5.95 Å². The first-order valence-corrected chi connectivity index (χ1v) is 9.63. The summed E-state index contributed by atoms with van der Waals surface area (Å²) in [6.07, 6.45) is 5.19. The van der Waals surface area contributed by atoms with E-state index in [2.05, 4.69) is 26.3 Å². The highest BCUT2D eigenvalue weighted by atomic mass is 16.5. The Hall–Kier alpha value is -4.43. The lowest BCUT2D eigenvalue weighted by Crippen LogP contribution is -2.05. The van der Waals surface area contributed by atoms with E-state index in [-0.39, 0.29) is 6.01 Å². The van der Waals surface area contributed by atoms with Gasteiger partial charge in [-0.05, 0) is 48.7 Å². The number of nitrogens with zero attached hydrogens (tertiary/aromatic N) is 5. The van der Waals surface area contributed by atoms with Crippen LogP contribution in [-0.2, 0) is 0 Å². The summed E-state index contributed by atoms with van der Waals surface area (Å²) in [5.74, 6) is 2.36. The molecule has 2 aromatic carbocycles. The molecule has 0 aliphatic heterocycles. The van der Waals surface area contributed by atoms with Gasteiger partial charge < -0.3 is 14.8 Å². The third-order valence-corrected chi connectivity index (χ3v) is 4.55. The van der Waals surface area contributed by atoms with Gasteiger partial charge in [-0.3, -0.25) is 0 Å². The molecule has 8 nitrogen and oxygen atoms in total. The third-order valence-electron chi connectivity index (χ3n) is 4.55. The summed E-state index contributed by atoms with van der Waals surface area (Å²) < 4.78 is 11.2. The normalized spacial score (nSPS) is 12.7. The second kappa shape index (κ2) is 8.93. The molecule has 0 spiro atoms. The van der Waals surface area contributed by atoms with Crippen LogP contribution in [0, 0.1) is 22.7 Å². The van der Waals surface area contributed by atoms with Crippen molar-refractivity contribution in [2.45, 2.75) is 18.8 Å². The van der Waals surface area contributed by atoms with Crippen molar-refractivity contribution in [3.63, 3.8) is 0 Å². The highest BCUT2D eigenvalue weighted by Gasteiger charge is 2.28. The Morgan fingerprint density at radius 1 is 1.10 bits per heavy atom. The zero-order chi connectivity index (χ0) is 21.6. The van der Waals surface area contributed by atoms with Crippen LogP contribution in [0.15, 0.2) is 48.5 Å². The molecule has 0 atom stereocenters. The SMILES string of the molecule is COc1nc(Nc2ccc(C#N)c(Oc3cccc(/C=C/C#N)c3)c2)nc(C2CC2)n1. The zero-order valence-electron chi connectivity index (χ0n) is 16.7. The molecule has 1 N–H and O–H groups in total. The van der Waals surface area contributed by atoms with Crippen LogP contribution in [0.3, 0.4) is 0 Å². The van der Waals surface area contributed by atoms with Crippen molar-refractivity contribution in [1.82, 2.24) is 15.0 Å². The average molecular weight is 410 g/mol. The Kier molecular flexibility index (Phi) is 5.72. The number of anilines is 2. The van der Waals surface area contributed by atoms with Crippen LogP contribution in [0.4, 0.5) is 11.6 Å². The van der Waals surface area contributed by atoms with Crippen molar-refractivity contribution in [2.24, 2.45) is 0 Å². The molecule has 1 aromatic heterocycles. The van der Waals surface area contributed by atoms with Crippen molar-refractivity contribution in [2.75, 3.05) is 12.4 Å². The van der Waals surface area contributed by atoms with Crippen molar-refractivity contribution < 1.29 is 9.47 Å². The molecule has 0 unspecified atom stereocenters. The number of rotatable bonds is 7. The number of hydrogen-bond donors (Lipinski definition) is 1. The molecule has 1 aliphatic carbocycles. The number of ether oxygens (including phenoxy) is 2. The molecule has 1 fully saturated rings. The lowest BCUT2D eigenvalue weighted by Gasteiger charge is -2.12. The van der Waals surface area contributed by atoms with Gasteiger partial charge in [-0.2, -0.15) is 25.5 Å². The quantitative estimate of drug-likeness (QED) is 0.557. The summed E-state index contributed by atoms with van der Waals surface area (Å²) in [5, 5.41) is 21.3. The van der Waals surface area contributed by atoms with Gasteiger partial charge in [0, 0.05) is 23.7 Å². The standard InChI is InChI=1S/C23H18N6O2/c1-30-23-28-21(16-7-8-16)27-22(29-23)26-18-10-9-17(14-25)20(13-18)31-19-6-2-4-15(12-19)5-3-11-24/h2-6,9-10,12-13,16H,7-8H2,1H3,(H,26,27,28,29)/b5-3+. The molecule has 0 saturated heterocycles. The van der Waals surface area contributed by atoms with Crippen molar-refractivity contribution in [3.05, 3.63) is 65.5 Å². The molecule has 0 bridgehead atoms. The maximum absolute atomic E-state index is 9.47. The van der Waals surface area contributed by atoms with Gasteiger partial charge >= 0.3 is 6.01 Å². The van der Waals surface area contributed by atoms with Crippen LogP contribution < -0.4 is 14.8 Å². The first kappa shape index (κ1) is 19.9. The fourth-order valence-electron chi connectivity index (χ4n) is 2.89. The van der Waals surface area contributed by atoms with Crippen molar-refractivity contribution in [3.8, 4) is 29.6 Å². The van der Waals surface area contributed by atoms with Gasteiger partial charge in [0.05, 0.1) is 18.7 Å². The summed E-state index contributed by atoms with van der Waals surface area (Å²) in [6.45, 7) is 0. The summed E-state index contributed by atoms with van der Waals surface area (Å²) >= 11 is 0. The average Bonchev–Trinajstić information content (AvgIpc) is 3.63. The minimum Gasteiger partial charge on any atom is -0.467 e. The molecule has 4 rings (SSSR count). The summed E-state index contributed by atoms with van der Waals surface area (Å²) in [7, 11) is 1.52. The number of hydrogen-bond acceptors (Lipinski definition) is 8. The maximum Gasteiger partial charge on any atom is 0.321 e. The van der Waals surface area contributed by atoms with Crippen LogP contribution in [0.25, 0.3) is 6.08 Å². The summed E-state index contributed by atoms with van der Waals surface area (Å²) in [6, 6.07) is 16.7. The monoisotopic (exact) mass is 410 g/mol. The fraction of sp³-hybridized carbons (Fsp3) is 0.174. The van der Waals surface area contributed by atoms with Crippen molar-refractivity contribution >= 4 is 17.7 Å². The highest BCUT2D eigenvalue weighted by molar-refractivity contribution is 5.61. The van der Waals surface area contributed by atoms with E-state index in [9.17, 15) is 5.26 Å². The molecule has 31 heavy (non-hydrogen) atoms.